The van der Waals surface area contributed by atoms with Crippen molar-refractivity contribution in [1.82, 2.24) is 0 Å². The van der Waals surface area contributed by atoms with E-state index in [9.17, 15) is 4.79 Å². The number of carboxylic acids is 1. The number of rotatable bonds is 13. The summed E-state index contributed by atoms with van der Waals surface area (Å²) in [5.74, 6) is -0.931. The van der Waals surface area contributed by atoms with Gasteiger partial charge in [-0.25, -0.2) is 4.79 Å². The van der Waals surface area contributed by atoms with Gasteiger partial charge in [-0.3, -0.25) is 0 Å². The number of unbranched alkanes of at least 4 members (excludes halogenated alkanes) is 7. The monoisotopic (exact) mass is 344 g/mol. The summed E-state index contributed by atoms with van der Waals surface area (Å²) in [5, 5.41) is 8.38. The molecule has 0 saturated heterocycles. The molecule has 3 heteroatoms. The minimum absolute atomic E-state index is 0. The SMILES string of the molecule is CCCCCCCCCC=CC=CC=CC=CC=CC(=O)O.[Ca+2].[H-].[H-]. The summed E-state index contributed by atoms with van der Waals surface area (Å²) in [6, 6.07) is 0. The standard InChI is InChI=1S/C20H30O2.Ca.2H/c1-2-3-4-5-6-7-8-9-10-11-12-13-14-15-16-17-18-19-20(21)22;;;/h10-19H,2-9H2,1H3,(H,21,22);;;/q;+2;2*-1. The van der Waals surface area contributed by atoms with Crippen molar-refractivity contribution >= 4 is 43.7 Å². The van der Waals surface area contributed by atoms with E-state index >= 15 is 0 Å². The maximum atomic E-state index is 10.2. The van der Waals surface area contributed by atoms with E-state index in [0.29, 0.717) is 0 Å². The maximum Gasteiger partial charge on any atom is 2.00 e. The third-order valence-corrected chi connectivity index (χ3v) is 3.13. The van der Waals surface area contributed by atoms with Crippen LogP contribution in [0, 0.1) is 0 Å². The number of hydrogen-bond donors (Lipinski definition) is 1. The number of allylic oxidation sites excluding steroid dienone is 9. The van der Waals surface area contributed by atoms with Crippen LogP contribution < -0.4 is 0 Å². The van der Waals surface area contributed by atoms with Crippen molar-refractivity contribution in [1.29, 1.82) is 0 Å². The summed E-state index contributed by atoms with van der Waals surface area (Å²) >= 11 is 0. The summed E-state index contributed by atoms with van der Waals surface area (Å²) < 4.78 is 0. The van der Waals surface area contributed by atoms with Crippen LogP contribution in [-0.4, -0.2) is 48.8 Å². The van der Waals surface area contributed by atoms with Gasteiger partial charge in [0.1, 0.15) is 0 Å². The van der Waals surface area contributed by atoms with Crippen molar-refractivity contribution in [3.63, 3.8) is 0 Å². The quantitative estimate of drug-likeness (QED) is 0.197. The van der Waals surface area contributed by atoms with Crippen LogP contribution in [0.3, 0.4) is 0 Å². The first-order valence-corrected chi connectivity index (χ1v) is 8.33. The molecular formula is C20H32CaO2. The summed E-state index contributed by atoms with van der Waals surface area (Å²) in [5.41, 5.74) is 0. The van der Waals surface area contributed by atoms with Crippen LogP contribution in [0.4, 0.5) is 0 Å². The summed E-state index contributed by atoms with van der Waals surface area (Å²) in [6.45, 7) is 2.25. The Morgan fingerprint density at radius 1 is 0.783 bits per heavy atom. The first-order valence-electron chi connectivity index (χ1n) is 8.33. The normalized spacial score (nSPS) is 12.2. The topological polar surface area (TPSA) is 37.3 Å². The van der Waals surface area contributed by atoms with E-state index in [4.69, 9.17) is 5.11 Å². The van der Waals surface area contributed by atoms with Gasteiger partial charge in [-0.05, 0) is 12.8 Å². The molecule has 0 radical (unpaired) electrons. The minimum atomic E-state index is -0.931. The van der Waals surface area contributed by atoms with Crippen molar-refractivity contribution in [2.24, 2.45) is 0 Å². The Bertz CT molecular complexity index is 414. The molecular weight excluding hydrogens is 312 g/mol. The fraction of sp³-hybridized carbons (Fsp3) is 0.450. The van der Waals surface area contributed by atoms with Gasteiger partial charge in [0.15, 0.2) is 0 Å². The number of carbonyl (C=O) groups is 1. The van der Waals surface area contributed by atoms with Gasteiger partial charge in [0.2, 0.25) is 0 Å². The zero-order valence-corrected chi connectivity index (χ0v) is 16.7. The van der Waals surface area contributed by atoms with Gasteiger partial charge in [-0.15, -0.1) is 0 Å². The molecule has 0 atom stereocenters. The first kappa shape index (κ1) is 24.7. The molecule has 2 nitrogen and oxygen atoms in total. The van der Waals surface area contributed by atoms with E-state index < -0.39 is 5.97 Å². The van der Waals surface area contributed by atoms with Gasteiger partial charge >= 0.3 is 43.7 Å². The van der Waals surface area contributed by atoms with E-state index in [2.05, 4.69) is 19.1 Å². The zero-order chi connectivity index (χ0) is 16.3. The first-order chi connectivity index (χ1) is 10.8. The van der Waals surface area contributed by atoms with Crippen molar-refractivity contribution in [3.8, 4) is 0 Å². The Morgan fingerprint density at radius 2 is 1.26 bits per heavy atom. The molecule has 126 valence electrons. The second-order valence-corrected chi connectivity index (χ2v) is 5.19. The van der Waals surface area contributed by atoms with Crippen LogP contribution in [0.2, 0.25) is 0 Å². The average Bonchev–Trinajstić information content (AvgIpc) is 2.50. The molecule has 1 N–H and O–H groups in total. The second kappa shape index (κ2) is 21.4. The Hall–Kier alpha value is -0.570. The van der Waals surface area contributed by atoms with E-state index in [1.54, 1.807) is 12.2 Å². The van der Waals surface area contributed by atoms with Crippen LogP contribution in [0.25, 0.3) is 0 Å². The van der Waals surface area contributed by atoms with Crippen molar-refractivity contribution in [2.75, 3.05) is 0 Å². The molecule has 0 amide bonds. The maximum absolute atomic E-state index is 10.2. The molecule has 0 rings (SSSR count). The van der Waals surface area contributed by atoms with Crippen LogP contribution in [-0.2, 0) is 4.79 Å². The predicted molar refractivity (Wildman–Crippen MR) is 104 cm³/mol. The summed E-state index contributed by atoms with van der Waals surface area (Å²) in [6.07, 6.45) is 28.8. The molecule has 0 aromatic heterocycles. The van der Waals surface area contributed by atoms with Gasteiger partial charge in [0.25, 0.3) is 0 Å². The Morgan fingerprint density at radius 3 is 1.83 bits per heavy atom. The predicted octanol–water partition coefficient (Wildman–Crippen LogP) is 5.84. The number of aliphatic carboxylic acids is 1. The fourth-order valence-corrected chi connectivity index (χ4v) is 1.92. The molecule has 0 spiro atoms. The Labute approximate surface area is 174 Å². The van der Waals surface area contributed by atoms with Gasteiger partial charge in [-0.2, -0.15) is 0 Å². The average molecular weight is 345 g/mol. The Kier molecular flexibility index (Phi) is 23.0. The molecule has 0 fully saturated rings. The van der Waals surface area contributed by atoms with Gasteiger partial charge in [0, 0.05) is 6.08 Å². The van der Waals surface area contributed by atoms with Crippen molar-refractivity contribution in [3.05, 3.63) is 60.8 Å². The van der Waals surface area contributed by atoms with Crippen LogP contribution >= 0.6 is 0 Å². The molecule has 0 aliphatic carbocycles. The molecule has 0 bridgehead atoms. The van der Waals surface area contributed by atoms with Gasteiger partial charge in [-0.1, -0.05) is 100 Å². The van der Waals surface area contributed by atoms with Crippen LogP contribution in [0.5, 0.6) is 0 Å². The molecule has 23 heavy (non-hydrogen) atoms. The third-order valence-electron chi connectivity index (χ3n) is 3.13. The van der Waals surface area contributed by atoms with E-state index in [1.807, 2.05) is 24.3 Å². The minimum Gasteiger partial charge on any atom is -1.00 e. The largest absolute Gasteiger partial charge is 2.00 e. The van der Waals surface area contributed by atoms with E-state index in [0.717, 1.165) is 12.5 Å². The molecule has 0 aromatic carbocycles. The summed E-state index contributed by atoms with van der Waals surface area (Å²) in [7, 11) is 0. The van der Waals surface area contributed by atoms with E-state index in [-0.39, 0.29) is 40.6 Å². The number of carboxylic acid groups (broad SMARTS) is 1. The van der Waals surface area contributed by atoms with Crippen LogP contribution in [0.1, 0.15) is 61.1 Å². The van der Waals surface area contributed by atoms with Crippen molar-refractivity contribution < 1.29 is 12.8 Å². The summed E-state index contributed by atoms with van der Waals surface area (Å²) in [4.78, 5) is 10.2. The fourth-order valence-electron chi connectivity index (χ4n) is 1.92. The molecule has 0 unspecified atom stereocenters. The molecule has 0 aliphatic rings. The zero-order valence-electron chi connectivity index (χ0n) is 16.5. The molecule has 0 aliphatic heterocycles. The van der Waals surface area contributed by atoms with Gasteiger partial charge in [0.05, 0.1) is 0 Å². The Balaban J connectivity index is -0.000000735. The third kappa shape index (κ3) is 23.8. The number of hydrogen-bond acceptors (Lipinski definition) is 1. The van der Waals surface area contributed by atoms with Crippen molar-refractivity contribution in [2.45, 2.75) is 58.3 Å². The molecule has 0 heterocycles. The van der Waals surface area contributed by atoms with E-state index in [1.165, 1.54) is 51.0 Å². The second-order valence-electron chi connectivity index (χ2n) is 5.19. The molecule has 0 aromatic rings. The van der Waals surface area contributed by atoms with Crippen LogP contribution in [0.15, 0.2) is 60.8 Å². The molecule has 0 saturated carbocycles. The van der Waals surface area contributed by atoms with Gasteiger partial charge < -0.3 is 7.96 Å². The smallest absolute Gasteiger partial charge is 1.00 e.